The molecule has 2 aliphatic heterocycles. The van der Waals surface area contributed by atoms with E-state index < -0.39 is 26.5 Å². The van der Waals surface area contributed by atoms with Crippen LogP contribution in [0.2, 0.25) is 18.1 Å². The zero-order chi connectivity index (χ0) is 28.5. The Morgan fingerprint density at radius 1 is 1.05 bits per heavy atom. The molecular weight excluding hydrogens is 520 g/mol. The number of aliphatic hydroxyl groups excluding tert-OH is 2. The number of aliphatic hydroxyl groups is 2. The molecule has 0 amide bonds. The van der Waals surface area contributed by atoms with E-state index in [4.69, 9.17) is 32.8 Å². The molecule has 9 nitrogen and oxygen atoms in total. The van der Waals surface area contributed by atoms with Crippen LogP contribution in [0, 0.1) is 23.7 Å². The van der Waals surface area contributed by atoms with Gasteiger partial charge in [-0.15, -0.1) is 0 Å². The van der Waals surface area contributed by atoms with Crippen molar-refractivity contribution in [3.05, 3.63) is 23.8 Å². The van der Waals surface area contributed by atoms with Gasteiger partial charge in [0.25, 0.3) is 0 Å². The maximum absolute atomic E-state index is 11.9. The van der Waals surface area contributed by atoms with Gasteiger partial charge < -0.3 is 43.1 Å². The molecule has 0 spiro atoms. The highest BCUT2D eigenvalue weighted by molar-refractivity contribution is 6.74. The van der Waals surface area contributed by atoms with E-state index in [1.54, 1.807) is 20.3 Å². The maximum atomic E-state index is 11.9. The van der Waals surface area contributed by atoms with Crippen molar-refractivity contribution in [3.63, 3.8) is 0 Å². The molecule has 1 aromatic carbocycles. The predicted octanol–water partition coefficient (Wildman–Crippen LogP) is 4.22. The van der Waals surface area contributed by atoms with Crippen LogP contribution >= 0.6 is 0 Å². The molecule has 2 N–H and O–H groups in total. The van der Waals surface area contributed by atoms with Gasteiger partial charge in [0.15, 0.2) is 38.7 Å². The van der Waals surface area contributed by atoms with Crippen LogP contribution in [-0.4, -0.2) is 76.0 Å². The number of rotatable bonds is 8. The van der Waals surface area contributed by atoms with Crippen LogP contribution in [0.15, 0.2) is 18.2 Å². The highest BCUT2D eigenvalue weighted by Gasteiger charge is 2.69. The molecule has 4 aliphatic rings. The molecule has 220 valence electrons. The second-order valence-electron chi connectivity index (χ2n) is 13.5. The van der Waals surface area contributed by atoms with E-state index in [9.17, 15) is 10.2 Å². The SMILES string of the molecule is COCOc1cc(C(O)[C@H]2C[C@H]3[C@@H]4[C@H](O[C@@H]3O)[C@H]3OC(C)(C)O[C@H]3[C@H](O[Si](C)(C)C(C)(C)C)[C@@H]42)ccc1OC. The summed E-state index contributed by atoms with van der Waals surface area (Å²) in [5.41, 5.74) is 0.718. The lowest BCUT2D eigenvalue weighted by molar-refractivity contribution is -0.181. The van der Waals surface area contributed by atoms with Gasteiger partial charge >= 0.3 is 0 Å². The van der Waals surface area contributed by atoms with Gasteiger partial charge in [0, 0.05) is 18.9 Å². The number of benzene rings is 1. The van der Waals surface area contributed by atoms with E-state index in [1.807, 2.05) is 26.0 Å². The van der Waals surface area contributed by atoms with Crippen LogP contribution in [0.3, 0.4) is 0 Å². The lowest BCUT2D eigenvalue weighted by atomic mass is 9.69. The fourth-order valence-corrected chi connectivity index (χ4v) is 8.31. The Bertz CT molecular complexity index is 1040. The molecule has 2 saturated heterocycles. The van der Waals surface area contributed by atoms with E-state index in [-0.39, 0.29) is 59.9 Å². The summed E-state index contributed by atoms with van der Waals surface area (Å²) in [6.45, 7) is 15.1. The number of methoxy groups -OCH3 is 2. The third-order valence-corrected chi connectivity index (χ3v) is 14.2. The Morgan fingerprint density at radius 3 is 2.38 bits per heavy atom. The Kier molecular flexibility index (Phi) is 7.68. The lowest BCUT2D eigenvalue weighted by Gasteiger charge is -2.49. The molecule has 2 aliphatic carbocycles. The number of hydrogen-bond acceptors (Lipinski definition) is 9. The molecule has 39 heavy (non-hydrogen) atoms. The summed E-state index contributed by atoms with van der Waals surface area (Å²) >= 11 is 0. The first-order valence-corrected chi connectivity index (χ1v) is 16.9. The van der Waals surface area contributed by atoms with Crippen LogP contribution in [0.25, 0.3) is 0 Å². The average molecular weight is 567 g/mol. The van der Waals surface area contributed by atoms with Crippen molar-refractivity contribution < 1.29 is 43.1 Å². The first-order chi connectivity index (χ1) is 18.2. The predicted molar refractivity (Wildman–Crippen MR) is 146 cm³/mol. The van der Waals surface area contributed by atoms with Crippen molar-refractivity contribution in [2.45, 2.75) is 102 Å². The van der Waals surface area contributed by atoms with Crippen molar-refractivity contribution in [1.29, 1.82) is 0 Å². The standard InChI is InChI=1S/C29H46O9Si/c1-28(2,3)39(8,9)38-24-20-16(22(30)15-10-11-18(33-7)19(12-15)34-14-32-6)13-17-21(20)23(35-27(17)31)25-26(24)37-29(4,5)36-25/h10-12,16-17,20-27,30-31H,13-14H2,1-9H3/t16-,17-,20+,21-,22?,23-,24+,25+,26-,27-/m0/s1. The van der Waals surface area contributed by atoms with E-state index in [0.29, 0.717) is 17.9 Å². The molecule has 4 fully saturated rings. The molecule has 2 saturated carbocycles. The van der Waals surface area contributed by atoms with Gasteiger partial charge in [-0.3, -0.25) is 0 Å². The minimum Gasteiger partial charge on any atom is -0.493 e. The first kappa shape index (κ1) is 29.3. The molecular formula is C29H46O9Si. The summed E-state index contributed by atoms with van der Waals surface area (Å²) in [4.78, 5) is 0. The highest BCUT2D eigenvalue weighted by atomic mass is 28.4. The van der Waals surface area contributed by atoms with Crippen molar-refractivity contribution in [3.8, 4) is 11.5 Å². The molecule has 10 atom stereocenters. The molecule has 5 rings (SSSR count). The van der Waals surface area contributed by atoms with Crippen LogP contribution in [0.4, 0.5) is 0 Å². The van der Waals surface area contributed by atoms with Crippen molar-refractivity contribution in [1.82, 2.24) is 0 Å². The largest absolute Gasteiger partial charge is 0.493 e. The van der Waals surface area contributed by atoms with Gasteiger partial charge in [0.1, 0.15) is 12.2 Å². The molecule has 0 aromatic heterocycles. The lowest BCUT2D eigenvalue weighted by Crippen LogP contribution is -2.61. The van der Waals surface area contributed by atoms with Crippen molar-refractivity contribution in [2.75, 3.05) is 21.0 Å². The van der Waals surface area contributed by atoms with E-state index in [2.05, 4.69) is 33.9 Å². The normalized spacial score (nSPS) is 37.9. The van der Waals surface area contributed by atoms with Crippen molar-refractivity contribution in [2.24, 2.45) is 23.7 Å². The minimum atomic E-state index is -2.25. The van der Waals surface area contributed by atoms with Gasteiger partial charge in [0.2, 0.25) is 0 Å². The zero-order valence-corrected chi connectivity index (χ0v) is 25.7. The number of ether oxygens (including phenoxy) is 6. The van der Waals surface area contributed by atoms with E-state index in [0.717, 1.165) is 5.56 Å². The Balaban J connectivity index is 1.54. The van der Waals surface area contributed by atoms with Gasteiger partial charge in [-0.1, -0.05) is 26.8 Å². The quantitative estimate of drug-likeness (QED) is 0.353. The van der Waals surface area contributed by atoms with Gasteiger partial charge in [-0.25, -0.2) is 0 Å². The summed E-state index contributed by atoms with van der Waals surface area (Å²) in [5, 5.41) is 23.0. The molecule has 1 aromatic rings. The van der Waals surface area contributed by atoms with Crippen LogP contribution in [0.1, 0.15) is 52.7 Å². The molecule has 1 unspecified atom stereocenters. The molecule has 10 heteroatoms. The summed E-state index contributed by atoms with van der Waals surface area (Å²) < 4.78 is 42.5. The third-order valence-electron chi connectivity index (χ3n) is 9.71. The van der Waals surface area contributed by atoms with E-state index >= 15 is 0 Å². The Labute approximate surface area is 233 Å². The zero-order valence-electron chi connectivity index (χ0n) is 24.7. The van der Waals surface area contributed by atoms with Gasteiger partial charge in [-0.2, -0.15) is 0 Å². The van der Waals surface area contributed by atoms with Crippen molar-refractivity contribution >= 4 is 8.32 Å². The summed E-state index contributed by atoms with van der Waals surface area (Å²) in [6.07, 6.45) is -2.47. The molecule has 2 heterocycles. The van der Waals surface area contributed by atoms with Crippen LogP contribution in [-0.2, 0) is 23.4 Å². The van der Waals surface area contributed by atoms with Crippen LogP contribution < -0.4 is 9.47 Å². The summed E-state index contributed by atoms with van der Waals surface area (Å²) in [6, 6.07) is 5.49. The average Bonchev–Trinajstić information content (AvgIpc) is 3.50. The second-order valence-corrected chi connectivity index (χ2v) is 18.3. The Morgan fingerprint density at radius 2 is 1.74 bits per heavy atom. The van der Waals surface area contributed by atoms with Crippen LogP contribution in [0.5, 0.6) is 11.5 Å². The second kappa shape index (κ2) is 10.2. The first-order valence-electron chi connectivity index (χ1n) is 14.0. The molecule has 0 radical (unpaired) electrons. The fourth-order valence-electron chi connectivity index (χ4n) is 6.99. The third kappa shape index (κ3) is 5.05. The molecule has 0 bridgehead atoms. The van der Waals surface area contributed by atoms with Gasteiger partial charge in [-0.05, 0) is 67.9 Å². The summed E-state index contributed by atoms with van der Waals surface area (Å²) in [7, 11) is 0.887. The Hall–Kier alpha value is -1.24. The van der Waals surface area contributed by atoms with E-state index in [1.165, 1.54) is 0 Å². The number of fused-ring (bicyclic) bond motifs is 2. The smallest absolute Gasteiger partial charge is 0.192 e. The highest BCUT2D eigenvalue weighted by Crippen LogP contribution is 2.62. The fraction of sp³-hybridized carbons (Fsp3) is 0.793. The van der Waals surface area contributed by atoms with Gasteiger partial charge in [0.05, 0.1) is 25.4 Å². The minimum absolute atomic E-state index is 0.0179. The monoisotopic (exact) mass is 566 g/mol. The topological polar surface area (TPSA) is 105 Å². The number of hydrogen-bond donors (Lipinski definition) is 2. The maximum Gasteiger partial charge on any atom is 0.192 e. The summed E-state index contributed by atoms with van der Waals surface area (Å²) in [5.74, 6) is -0.154.